The summed E-state index contributed by atoms with van der Waals surface area (Å²) in [7, 11) is 0. The van der Waals surface area contributed by atoms with Crippen molar-refractivity contribution in [3.63, 3.8) is 0 Å². The maximum absolute atomic E-state index is 12.8. The fourth-order valence-corrected chi connectivity index (χ4v) is 4.40. The number of nitrogens with one attached hydrogen (secondary N) is 2. The van der Waals surface area contributed by atoms with Crippen molar-refractivity contribution in [3.8, 4) is 0 Å². The van der Waals surface area contributed by atoms with Crippen LogP contribution in [0.1, 0.15) is 42.0 Å². The minimum Gasteiger partial charge on any atom is -0.354 e. The fraction of sp³-hybridized carbons (Fsp3) is 0.500. The summed E-state index contributed by atoms with van der Waals surface area (Å²) in [6, 6.07) is 12.6. The molecule has 0 aliphatic rings. The van der Waals surface area contributed by atoms with Crippen molar-refractivity contribution in [1.29, 1.82) is 0 Å². The van der Waals surface area contributed by atoms with Crippen molar-refractivity contribution in [1.82, 2.24) is 10.6 Å². The zero-order chi connectivity index (χ0) is 22.6. The van der Waals surface area contributed by atoms with Gasteiger partial charge in [-0.3, -0.25) is 9.59 Å². The molecule has 0 aliphatic heterocycles. The Labute approximate surface area is 189 Å². The smallest absolute Gasteiger partial charge is 0.242 e. The van der Waals surface area contributed by atoms with Gasteiger partial charge in [-0.25, -0.2) is 0 Å². The quantitative estimate of drug-likeness (QED) is 0.380. The van der Waals surface area contributed by atoms with Gasteiger partial charge in [-0.2, -0.15) is 0 Å². The molecule has 2 aromatic rings. The summed E-state index contributed by atoms with van der Waals surface area (Å²) in [5, 5.41) is 5.83. The van der Waals surface area contributed by atoms with Gasteiger partial charge in [0.1, 0.15) is 6.04 Å². The van der Waals surface area contributed by atoms with Crippen LogP contribution < -0.4 is 22.1 Å². The van der Waals surface area contributed by atoms with E-state index in [1.54, 1.807) is 11.3 Å². The lowest BCUT2D eigenvalue weighted by molar-refractivity contribution is -0.130. The van der Waals surface area contributed by atoms with E-state index in [2.05, 4.69) is 22.8 Å². The molecule has 0 radical (unpaired) electrons. The van der Waals surface area contributed by atoms with Crippen LogP contribution >= 0.6 is 11.3 Å². The standard InChI is InChI=1S/C24H36N4O2S/c1-17(2)15-22(28-23(29)21(26)16-18-7-4-3-5-8-18)24(30)27-14-12-20-11-10-19(31-20)9-6-13-25/h3-5,7-8,10-11,17,21-22H,6,9,12-16,25-26H2,1-2H3,(H,27,30)(H,28,29)/t21-,22+/m1/s1. The Kier molecular flexibility index (Phi) is 10.7. The molecule has 0 bridgehead atoms. The highest BCUT2D eigenvalue weighted by atomic mass is 32.1. The van der Waals surface area contributed by atoms with E-state index >= 15 is 0 Å². The summed E-state index contributed by atoms with van der Waals surface area (Å²) in [6.07, 6.45) is 3.76. The van der Waals surface area contributed by atoms with Gasteiger partial charge in [0, 0.05) is 16.3 Å². The lowest BCUT2D eigenvalue weighted by Gasteiger charge is -2.22. The molecule has 0 fully saturated rings. The third kappa shape index (κ3) is 9.21. The van der Waals surface area contributed by atoms with Crippen LogP contribution in [0.2, 0.25) is 0 Å². The molecule has 6 nitrogen and oxygen atoms in total. The highest BCUT2D eigenvalue weighted by Crippen LogP contribution is 2.18. The predicted octanol–water partition coefficient (Wildman–Crippen LogP) is 2.40. The number of rotatable bonds is 13. The topological polar surface area (TPSA) is 110 Å². The van der Waals surface area contributed by atoms with Crippen LogP contribution in [-0.4, -0.2) is 37.0 Å². The minimum atomic E-state index is -0.692. The molecule has 1 aromatic carbocycles. The molecule has 2 amide bonds. The number of nitrogens with two attached hydrogens (primary N) is 2. The van der Waals surface area contributed by atoms with E-state index in [0.717, 1.165) is 24.8 Å². The number of amides is 2. The zero-order valence-electron chi connectivity index (χ0n) is 18.6. The van der Waals surface area contributed by atoms with Gasteiger partial charge < -0.3 is 22.1 Å². The van der Waals surface area contributed by atoms with Crippen molar-refractivity contribution < 1.29 is 9.59 Å². The number of carbonyl (C=O) groups is 2. The predicted molar refractivity (Wildman–Crippen MR) is 128 cm³/mol. The van der Waals surface area contributed by atoms with Crippen molar-refractivity contribution in [3.05, 3.63) is 57.8 Å². The van der Waals surface area contributed by atoms with Crippen LogP contribution in [0.25, 0.3) is 0 Å². The van der Waals surface area contributed by atoms with E-state index in [0.29, 0.717) is 25.9 Å². The van der Waals surface area contributed by atoms with E-state index < -0.39 is 12.1 Å². The Hall–Kier alpha value is -2.22. The van der Waals surface area contributed by atoms with Crippen LogP contribution in [-0.2, 0) is 28.9 Å². The molecule has 170 valence electrons. The Morgan fingerprint density at radius 1 is 1.00 bits per heavy atom. The highest BCUT2D eigenvalue weighted by molar-refractivity contribution is 7.11. The third-order valence-electron chi connectivity index (χ3n) is 4.99. The van der Waals surface area contributed by atoms with Gasteiger partial charge in [0.2, 0.25) is 11.8 Å². The van der Waals surface area contributed by atoms with Crippen molar-refractivity contribution in [2.24, 2.45) is 17.4 Å². The summed E-state index contributed by atoms with van der Waals surface area (Å²) in [6.45, 7) is 5.30. The second kappa shape index (κ2) is 13.2. The molecule has 0 unspecified atom stereocenters. The van der Waals surface area contributed by atoms with Crippen molar-refractivity contribution in [2.45, 2.75) is 58.0 Å². The molecule has 2 atom stereocenters. The summed E-state index contributed by atoms with van der Waals surface area (Å²) in [5.41, 5.74) is 12.7. The number of hydrogen-bond acceptors (Lipinski definition) is 5. The first-order valence-corrected chi connectivity index (χ1v) is 11.9. The fourth-order valence-electron chi connectivity index (χ4n) is 3.34. The summed E-state index contributed by atoms with van der Waals surface area (Å²) in [4.78, 5) is 27.9. The van der Waals surface area contributed by atoms with Crippen LogP contribution in [0.4, 0.5) is 0 Å². The van der Waals surface area contributed by atoms with E-state index in [1.165, 1.54) is 9.75 Å². The molecule has 0 saturated carbocycles. The Bertz CT molecular complexity index is 807. The molecule has 7 heteroatoms. The Morgan fingerprint density at radius 2 is 1.68 bits per heavy atom. The van der Waals surface area contributed by atoms with Gasteiger partial charge in [0.25, 0.3) is 0 Å². The normalized spacial score (nSPS) is 13.1. The van der Waals surface area contributed by atoms with E-state index in [1.807, 2.05) is 44.2 Å². The first-order chi connectivity index (χ1) is 14.9. The SMILES string of the molecule is CC(C)C[C@H](NC(=O)[C@H](N)Cc1ccccc1)C(=O)NCCc1ccc(CCCN)s1. The van der Waals surface area contributed by atoms with Gasteiger partial charge in [-0.15, -0.1) is 11.3 Å². The minimum absolute atomic E-state index is 0.158. The molecule has 1 heterocycles. The molecule has 1 aromatic heterocycles. The van der Waals surface area contributed by atoms with Gasteiger partial charge in [0.05, 0.1) is 6.04 Å². The molecule has 0 saturated heterocycles. The molecule has 0 aliphatic carbocycles. The first kappa shape index (κ1) is 25.0. The maximum Gasteiger partial charge on any atom is 0.242 e. The van der Waals surface area contributed by atoms with Gasteiger partial charge >= 0.3 is 0 Å². The van der Waals surface area contributed by atoms with E-state index in [-0.39, 0.29) is 17.7 Å². The van der Waals surface area contributed by atoms with Gasteiger partial charge in [0.15, 0.2) is 0 Å². The number of aryl methyl sites for hydroxylation is 1. The largest absolute Gasteiger partial charge is 0.354 e. The Morgan fingerprint density at radius 3 is 2.32 bits per heavy atom. The maximum atomic E-state index is 12.8. The van der Waals surface area contributed by atoms with E-state index in [9.17, 15) is 9.59 Å². The number of benzene rings is 1. The van der Waals surface area contributed by atoms with Gasteiger partial charge in [-0.05, 0) is 62.3 Å². The van der Waals surface area contributed by atoms with Crippen LogP contribution in [0, 0.1) is 5.92 Å². The number of thiophene rings is 1. The zero-order valence-corrected chi connectivity index (χ0v) is 19.4. The van der Waals surface area contributed by atoms with Gasteiger partial charge in [-0.1, -0.05) is 44.2 Å². The number of hydrogen-bond donors (Lipinski definition) is 4. The van der Waals surface area contributed by atoms with Crippen LogP contribution in [0.15, 0.2) is 42.5 Å². The summed E-state index contributed by atoms with van der Waals surface area (Å²) < 4.78 is 0. The van der Waals surface area contributed by atoms with Crippen molar-refractivity contribution >= 4 is 23.2 Å². The molecule has 6 N–H and O–H groups in total. The lowest BCUT2D eigenvalue weighted by Crippen LogP contribution is -2.52. The molecule has 0 spiro atoms. The first-order valence-electron chi connectivity index (χ1n) is 11.0. The van der Waals surface area contributed by atoms with E-state index in [4.69, 9.17) is 11.5 Å². The molecular formula is C24H36N4O2S. The average Bonchev–Trinajstić information content (AvgIpc) is 3.19. The Balaban J connectivity index is 1.84. The van der Waals surface area contributed by atoms with Crippen LogP contribution in [0.5, 0.6) is 0 Å². The lowest BCUT2D eigenvalue weighted by atomic mass is 10.0. The third-order valence-corrected chi connectivity index (χ3v) is 6.20. The van der Waals surface area contributed by atoms with Crippen LogP contribution in [0.3, 0.4) is 0 Å². The second-order valence-electron chi connectivity index (χ2n) is 8.29. The summed E-state index contributed by atoms with van der Waals surface area (Å²) >= 11 is 1.77. The second-order valence-corrected chi connectivity index (χ2v) is 9.54. The number of carbonyl (C=O) groups excluding carboxylic acids is 2. The molecule has 31 heavy (non-hydrogen) atoms. The average molecular weight is 445 g/mol. The summed E-state index contributed by atoms with van der Waals surface area (Å²) in [5.74, 6) is -0.190. The van der Waals surface area contributed by atoms with Crippen molar-refractivity contribution in [2.75, 3.05) is 13.1 Å². The molecular weight excluding hydrogens is 408 g/mol. The monoisotopic (exact) mass is 444 g/mol. The molecule has 2 rings (SSSR count). The highest BCUT2D eigenvalue weighted by Gasteiger charge is 2.24.